The number of nitrogens with zero attached hydrogens (tertiary/aromatic N) is 1. The van der Waals surface area contributed by atoms with Crippen LogP contribution in [0.1, 0.15) is 40.6 Å². The predicted molar refractivity (Wildman–Crippen MR) is 131 cm³/mol. The summed E-state index contributed by atoms with van der Waals surface area (Å²) in [7, 11) is 0. The van der Waals surface area contributed by atoms with Crippen LogP contribution in [-0.4, -0.2) is 31.8 Å². The zero-order valence-electron chi connectivity index (χ0n) is 17.3. The van der Waals surface area contributed by atoms with Crippen molar-refractivity contribution in [2.45, 2.75) is 52.5 Å². The van der Waals surface area contributed by atoms with E-state index in [4.69, 9.17) is 14.5 Å². The molecule has 2 aromatic rings. The lowest BCUT2D eigenvalue weighted by Gasteiger charge is -2.22. The van der Waals surface area contributed by atoms with E-state index in [1.54, 1.807) is 0 Å². The van der Waals surface area contributed by atoms with Gasteiger partial charge in [-0.15, -0.1) is 35.3 Å². The summed E-state index contributed by atoms with van der Waals surface area (Å²) in [5, 5.41) is 6.74. The van der Waals surface area contributed by atoms with Crippen LogP contribution in [0.3, 0.4) is 0 Å². The Labute approximate surface area is 195 Å². The first-order chi connectivity index (χ1) is 13.7. The van der Waals surface area contributed by atoms with E-state index in [9.17, 15) is 0 Å². The second kappa shape index (κ2) is 13.2. The number of hydrogen-bond acceptors (Lipinski definition) is 4. The number of benzene rings is 1. The fourth-order valence-corrected chi connectivity index (χ4v) is 3.97. The minimum absolute atomic E-state index is 0. The molecule has 0 amide bonds. The van der Waals surface area contributed by atoms with Crippen molar-refractivity contribution in [3.8, 4) is 0 Å². The number of aliphatic imine (C=N–C) groups is 1. The molecule has 1 saturated heterocycles. The number of nitrogens with one attached hydrogen (secondary N) is 2. The molecule has 0 spiro atoms. The maximum atomic E-state index is 6.04. The first-order valence-electron chi connectivity index (χ1n) is 10.1. The van der Waals surface area contributed by atoms with Crippen molar-refractivity contribution in [2.75, 3.05) is 19.8 Å². The predicted octanol–water partition coefficient (Wildman–Crippen LogP) is 4.63. The van der Waals surface area contributed by atoms with Gasteiger partial charge in [0.05, 0.1) is 25.8 Å². The molecule has 1 fully saturated rings. The van der Waals surface area contributed by atoms with Crippen LogP contribution in [0.15, 0.2) is 41.4 Å². The maximum absolute atomic E-state index is 6.04. The molecule has 5 nitrogen and oxygen atoms in total. The number of thiophene rings is 1. The Morgan fingerprint density at radius 1 is 1.17 bits per heavy atom. The Morgan fingerprint density at radius 3 is 2.69 bits per heavy atom. The standard InChI is InChI=1S/C22H31N3O2S.HI/c1-3-23-22(25-15-21-8-7-17(2)28-21)24-14-18-5-4-6-19(13-18)16-27-20-9-11-26-12-10-20;/h4-8,13,20H,3,9-12,14-16H2,1-2H3,(H2,23,24,25);1H. The molecule has 1 aromatic heterocycles. The normalized spacial score (nSPS) is 15.0. The van der Waals surface area contributed by atoms with E-state index in [1.807, 2.05) is 11.3 Å². The van der Waals surface area contributed by atoms with Gasteiger partial charge in [-0.25, -0.2) is 4.99 Å². The van der Waals surface area contributed by atoms with Crippen LogP contribution in [0.25, 0.3) is 0 Å². The van der Waals surface area contributed by atoms with Crippen molar-refractivity contribution in [3.05, 3.63) is 57.3 Å². The fourth-order valence-electron chi connectivity index (χ4n) is 3.14. The van der Waals surface area contributed by atoms with Gasteiger partial charge in [-0.1, -0.05) is 24.3 Å². The van der Waals surface area contributed by atoms with Crippen molar-refractivity contribution < 1.29 is 9.47 Å². The zero-order valence-corrected chi connectivity index (χ0v) is 20.4. The summed E-state index contributed by atoms with van der Waals surface area (Å²) >= 11 is 1.81. The fraction of sp³-hybridized carbons (Fsp3) is 0.500. The Bertz CT molecular complexity index is 760. The molecule has 0 saturated carbocycles. The molecule has 0 radical (unpaired) electrons. The molecule has 1 aromatic carbocycles. The SMILES string of the molecule is CCNC(=NCc1cccc(COC2CCOCC2)c1)NCc1ccc(C)s1.I. The highest BCUT2D eigenvalue weighted by Crippen LogP contribution is 2.15. The van der Waals surface area contributed by atoms with Crippen LogP contribution in [0, 0.1) is 6.92 Å². The second-order valence-electron chi connectivity index (χ2n) is 7.00. The minimum atomic E-state index is 0. The molecule has 2 heterocycles. The number of guanidine groups is 1. The van der Waals surface area contributed by atoms with Gasteiger partial charge in [0.2, 0.25) is 0 Å². The van der Waals surface area contributed by atoms with Crippen molar-refractivity contribution >= 4 is 41.3 Å². The highest BCUT2D eigenvalue weighted by Gasteiger charge is 2.14. The summed E-state index contributed by atoms with van der Waals surface area (Å²) in [5.41, 5.74) is 2.39. The van der Waals surface area contributed by atoms with Gasteiger partial charge < -0.3 is 20.1 Å². The quantitative estimate of drug-likeness (QED) is 0.298. The third-order valence-electron chi connectivity index (χ3n) is 4.64. The van der Waals surface area contributed by atoms with E-state index in [0.29, 0.717) is 19.3 Å². The zero-order chi connectivity index (χ0) is 19.6. The summed E-state index contributed by atoms with van der Waals surface area (Å²) in [6.07, 6.45) is 2.30. The maximum Gasteiger partial charge on any atom is 0.191 e. The summed E-state index contributed by atoms with van der Waals surface area (Å²) in [4.78, 5) is 7.39. The van der Waals surface area contributed by atoms with E-state index < -0.39 is 0 Å². The van der Waals surface area contributed by atoms with Crippen LogP contribution in [0.4, 0.5) is 0 Å². The minimum Gasteiger partial charge on any atom is -0.381 e. The Hall–Kier alpha value is -1.16. The molecule has 29 heavy (non-hydrogen) atoms. The highest BCUT2D eigenvalue weighted by molar-refractivity contribution is 14.0. The van der Waals surface area contributed by atoms with Gasteiger partial charge in [0.15, 0.2) is 5.96 Å². The summed E-state index contributed by atoms with van der Waals surface area (Å²) < 4.78 is 11.4. The topological polar surface area (TPSA) is 54.9 Å². The van der Waals surface area contributed by atoms with Gasteiger partial charge >= 0.3 is 0 Å². The largest absolute Gasteiger partial charge is 0.381 e. The Morgan fingerprint density at radius 2 is 1.97 bits per heavy atom. The summed E-state index contributed by atoms with van der Waals surface area (Å²) in [6, 6.07) is 12.8. The third kappa shape index (κ3) is 8.62. The van der Waals surface area contributed by atoms with Gasteiger partial charge in [-0.3, -0.25) is 0 Å². The molecule has 0 unspecified atom stereocenters. The van der Waals surface area contributed by atoms with E-state index in [1.165, 1.54) is 20.9 Å². The average Bonchev–Trinajstić information content (AvgIpc) is 3.15. The molecule has 160 valence electrons. The van der Waals surface area contributed by atoms with Crippen LogP contribution >= 0.6 is 35.3 Å². The molecule has 1 aliphatic rings. The molecule has 0 bridgehead atoms. The number of rotatable bonds is 8. The van der Waals surface area contributed by atoms with E-state index >= 15 is 0 Å². The monoisotopic (exact) mass is 529 g/mol. The molecule has 2 N–H and O–H groups in total. The highest BCUT2D eigenvalue weighted by atomic mass is 127. The number of hydrogen-bond donors (Lipinski definition) is 2. The lowest BCUT2D eigenvalue weighted by molar-refractivity contribution is -0.0390. The van der Waals surface area contributed by atoms with Crippen LogP contribution in [0.2, 0.25) is 0 Å². The molecule has 0 aliphatic carbocycles. The van der Waals surface area contributed by atoms with Gasteiger partial charge in [-0.05, 0) is 49.9 Å². The molecule has 0 atom stereocenters. The van der Waals surface area contributed by atoms with Gasteiger partial charge in [0.25, 0.3) is 0 Å². The first-order valence-corrected chi connectivity index (χ1v) is 10.9. The molecular formula is C22H32IN3O2S. The van der Waals surface area contributed by atoms with Crippen LogP contribution in [-0.2, 0) is 29.2 Å². The van der Waals surface area contributed by atoms with Crippen molar-refractivity contribution in [2.24, 2.45) is 4.99 Å². The van der Waals surface area contributed by atoms with E-state index in [2.05, 4.69) is 60.9 Å². The Kier molecular flexibility index (Phi) is 11.0. The molecule has 1 aliphatic heterocycles. The number of ether oxygens (including phenoxy) is 2. The molecular weight excluding hydrogens is 497 g/mol. The third-order valence-corrected chi connectivity index (χ3v) is 5.64. The van der Waals surface area contributed by atoms with Crippen molar-refractivity contribution in [1.82, 2.24) is 10.6 Å². The van der Waals surface area contributed by atoms with Crippen LogP contribution in [0.5, 0.6) is 0 Å². The van der Waals surface area contributed by atoms with Gasteiger partial charge in [0.1, 0.15) is 0 Å². The van der Waals surface area contributed by atoms with Crippen LogP contribution < -0.4 is 10.6 Å². The second-order valence-corrected chi connectivity index (χ2v) is 8.38. The average molecular weight is 529 g/mol. The lowest BCUT2D eigenvalue weighted by Crippen LogP contribution is -2.36. The van der Waals surface area contributed by atoms with E-state index in [0.717, 1.165) is 45.1 Å². The van der Waals surface area contributed by atoms with Gasteiger partial charge in [0, 0.05) is 29.5 Å². The summed E-state index contributed by atoms with van der Waals surface area (Å²) in [6.45, 7) is 8.77. The Balaban J connectivity index is 0.00000300. The van der Waals surface area contributed by atoms with Crippen molar-refractivity contribution in [1.29, 1.82) is 0 Å². The first kappa shape index (κ1) is 24.1. The smallest absolute Gasteiger partial charge is 0.191 e. The van der Waals surface area contributed by atoms with Gasteiger partial charge in [-0.2, -0.15) is 0 Å². The van der Waals surface area contributed by atoms with Crippen molar-refractivity contribution in [3.63, 3.8) is 0 Å². The number of aryl methyl sites for hydroxylation is 1. The summed E-state index contributed by atoms with van der Waals surface area (Å²) in [5.74, 6) is 0.845. The molecule has 3 rings (SSSR count). The molecule has 7 heteroatoms. The van der Waals surface area contributed by atoms with E-state index in [-0.39, 0.29) is 24.0 Å². The lowest BCUT2D eigenvalue weighted by atomic mass is 10.1. The number of halogens is 1.